The molecule has 0 fully saturated rings. The smallest absolute Gasteiger partial charge is 0.184 e. The van der Waals surface area contributed by atoms with Crippen LogP contribution in [0.1, 0.15) is 0 Å². The monoisotopic (exact) mass is 392 g/mol. The molecule has 0 amide bonds. The van der Waals surface area contributed by atoms with Crippen LogP contribution in [-0.2, 0) is 0 Å². The maximum Gasteiger partial charge on any atom is 3.00 e. The number of hydrogen-bond donors (Lipinski definition) is 0. The van der Waals surface area contributed by atoms with E-state index in [2.05, 4.69) is 12.1 Å². The first-order chi connectivity index (χ1) is 6.00. The van der Waals surface area contributed by atoms with E-state index in [0.717, 1.165) is 0 Å². The van der Waals surface area contributed by atoms with Gasteiger partial charge in [-0.25, -0.2) is 0 Å². The van der Waals surface area contributed by atoms with Crippen LogP contribution in [0.15, 0.2) is 60.7 Å². The Hall–Kier alpha value is -0.508. The second-order valence-corrected chi connectivity index (χ2v) is 2.15. The molecular weight excluding hydrogens is 382 g/mol. The van der Waals surface area contributed by atoms with Gasteiger partial charge in [0.15, 0.2) is 0 Å². The third-order valence-corrected chi connectivity index (χ3v) is 1.21. The summed E-state index contributed by atoms with van der Waals surface area (Å²) in [6, 6.07) is 25.0. The molecule has 0 saturated carbocycles. The topological polar surface area (TPSA) is 0 Å². The van der Waals surface area contributed by atoms with Gasteiger partial charge in [-0.15, -0.1) is 0 Å². The fraction of sp³-hybridized carbons (Fsp3) is 0. The van der Waals surface area contributed by atoms with Crippen LogP contribution in [0, 0.1) is 43.2 Å². The average Bonchev–Trinajstić information content (AvgIpc) is 2.24. The molecule has 0 heterocycles. The minimum Gasteiger partial charge on any atom is -0.184 e. The predicted molar refractivity (Wildman–Crippen MR) is 50.6 cm³/mol. The molecule has 0 aliphatic heterocycles. The van der Waals surface area contributed by atoms with Gasteiger partial charge >= 0.3 is 31.1 Å². The number of rotatable bonds is 0. The Bertz CT molecular complexity index is 181. The average molecular weight is 392 g/mol. The van der Waals surface area contributed by atoms with Crippen LogP contribution in [-0.4, -0.2) is 0 Å². The molecule has 0 aromatic heterocycles. The molecule has 0 N–H and O–H groups in total. The van der Waals surface area contributed by atoms with E-state index < -0.39 is 0 Å². The third kappa shape index (κ3) is 7.84. The molecule has 2 rings (SSSR count). The van der Waals surface area contributed by atoms with Crippen molar-refractivity contribution < 1.29 is 31.1 Å². The van der Waals surface area contributed by atoms with Gasteiger partial charge in [-0.2, -0.15) is 72.8 Å². The SMILES string of the molecule is [U+3].[c-]1ccccc1.[c-]1ccccc1. The fourth-order valence-electron chi connectivity index (χ4n) is 0.684. The summed E-state index contributed by atoms with van der Waals surface area (Å²) in [7, 11) is 0. The first kappa shape index (κ1) is 12.5. The van der Waals surface area contributed by atoms with Gasteiger partial charge in [0.1, 0.15) is 0 Å². The first-order valence-corrected chi connectivity index (χ1v) is 3.82. The summed E-state index contributed by atoms with van der Waals surface area (Å²) in [6.07, 6.45) is 0. The summed E-state index contributed by atoms with van der Waals surface area (Å²) in [5.74, 6) is 0. The Kier molecular flexibility index (Phi) is 9.20. The van der Waals surface area contributed by atoms with Crippen molar-refractivity contribution >= 4 is 0 Å². The largest absolute Gasteiger partial charge is 3.00 e. The molecule has 0 spiro atoms. The van der Waals surface area contributed by atoms with E-state index in [1.54, 1.807) is 0 Å². The Morgan fingerprint density at radius 3 is 0.846 bits per heavy atom. The second-order valence-electron chi connectivity index (χ2n) is 2.15. The molecule has 2 aromatic rings. The first-order valence-electron chi connectivity index (χ1n) is 3.82. The number of benzene rings is 2. The molecule has 0 nitrogen and oxygen atoms in total. The molecular formula is C12H10U+. The minimum absolute atomic E-state index is 0. The van der Waals surface area contributed by atoms with Crippen molar-refractivity contribution in [2.45, 2.75) is 0 Å². The molecule has 0 atom stereocenters. The molecule has 61 valence electrons. The summed E-state index contributed by atoms with van der Waals surface area (Å²) in [5, 5.41) is 0. The Balaban J connectivity index is 0.000000206. The molecule has 0 bridgehead atoms. The quantitative estimate of drug-likeness (QED) is 0.605. The third-order valence-electron chi connectivity index (χ3n) is 1.21. The molecule has 0 aliphatic rings. The normalized spacial score (nSPS) is 7.38. The van der Waals surface area contributed by atoms with Gasteiger partial charge in [-0.05, 0) is 0 Å². The van der Waals surface area contributed by atoms with E-state index in [1.165, 1.54) is 0 Å². The van der Waals surface area contributed by atoms with Gasteiger partial charge in [0.05, 0.1) is 0 Å². The Morgan fingerprint density at radius 2 is 0.769 bits per heavy atom. The van der Waals surface area contributed by atoms with Gasteiger partial charge in [-0.3, -0.25) is 0 Å². The second kappa shape index (κ2) is 9.58. The number of hydrogen-bond acceptors (Lipinski definition) is 0. The summed E-state index contributed by atoms with van der Waals surface area (Å²) >= 11 is 0. The van der Waals surface area contributed by atoms with Gasteiger partial charge in [-0.1, -0.05) is 0 Å². The van der Waals surface area contributed by atoms with Crippen LogP contribution in [0.3, 0.4) is 0 Å². The van der Waals surface area contributed by atoms with Gasteiger partial charge < -0.3 is 0 Å². The van der Waals surface area contributed by atoms with Gasteiger partial charge in [0.2, 0.25) is 0 Å². The van der Waals surface area contributed by atoms with E-state index in [9.17, 15) is 0 Å². The van der Waals surface area contributed by atoms with Crippen LogP contribution in [0.4, 0.5) is 0 Å². The van der Waals surface area contributed by atoms with Crippen molar-refractivity contribution in [3.63, 3.8) is 0 Å². The van der Waals surface area contributed by atoms with Crippen molar-refractivity contribution in [3.05, 3.63) is 72.8 Å². The minimum atomic E-state index is 0. The van der Waals surface area contributed by atoms with Crippen LogP contribution >= 0.6 is 0 Å². The van der Waals surface area contributed by atoms with Crippen LogP contribution in [0.5, 0.6) is 0 Å². The molecule has 1 heteroatoms. The van der Waals surface area contributed by atoms with Crippen molar-refractivity contribution in [1.29, 1.82) is 0 Å². The van der Waals surface area contributed by atoms with Crippen molar-refractivity contribution in [1.82, 2.24) is 0 Å². The summed E-state index contributed by atoms with van der Waals surface area (Å²) in [4.78, 5) is 0. The molecule has 0 saturated heterocycles. The summed E-state index contributed by atoms with van der Waals surface area (Å²) < 4.78 is 0. The van der Waals surface area contributed by atoms with E-state index in [0.29, 0.717) is 0 Å². The van der Waals surface area contributed by atoms with Crippen LogP contribution < -0.4 is 0 Å². The maximum absolute atomic E-state index is 2.89. The van der Waals surface area contributed by atoms with Crippen LogP contribution in [0.25, 0.3) is 0 Å². The van der Waals surface area contributed by atoms with E-state index in [4.69, 9.17) is 0 Å². The summed E-state index contributed by atoms with van der Waals surface area (Å²) in [6.45, 7) is 0. The van der Waals surface area contributed by atoms with Gasteiger partial charge in [0, 0.05) is 0 Å². The zero-order chi connectivity index (χ0) is 8.49. The van der Waals surface area contributed by atoms with E-state index in [-0.39, 0.29) is 31.1 Å². The maximum atomic E-state index is 2.89. The van der Waals surface area contributed by atoms with Crippen molar-refractivity contribution in [3.8, 4) is 0 Å². The Labute approximate surface area is 103 Å². The van der Waals surface area contributed by atoms with E-state index >= 15 is 0 Å². The van der Waals surface area contributed by atoms with Crippen molar-refractivity contribution in [2.24, 2.45) is 0 Å². The summed E-state index contributed by atoms with van der Waals surface area (Å²) in [5.41, 5.74) is 0. The Morgan fingerprint density at radius 1 is 0.462 bits per heavy atom. The van der Waals surface area contributed by atoms with Crippen molar-refractivity contribution in [2.75, 3.05) is 0 Å². The van der Waals surface area contributed by atoms with E-state index in [1.807, 2.05) is 60.7 Å². The van der Waals surface area contributed by atoms with Gasteiger partial charge in [0.25, 0.3) is 0 Å². The zero-order valence-corrected chi connectivity index (χ0v) is 11.4. The molecule has 13 heavy (non-hydrogen) atoms. The molecule has 2 aromatic carbocycles. The molecule has 0 unspecified atom stereocenters. The standard InChI is InChI=1S/2C6H5.U/c2*1-2-4-6-5-3-1;/h2*1-5H;/q2*-1;+3. The zero-order valence-electron chi connectivity index (χ0n) is 7.27. The predicted octanol–water partition coefficient (Wildman–Crippen LogP) is 2.97. The molecule has 0 aliphatic carbocycles. The molecule has 1 radical (unpaired) electrons. The fourth-order valence-corrected chi connectivity index (χ4v) is 0.684. The van der Waals surface area contributed by atoms with Crippen LogP contribution in [0.2, 0.25) is 0 Å².